The van der Waals surface area contributed by atoms with Gasteiger partial charge in [-0.1, -0.05) is 29.1 Å². The van der Waals surface area contributed by atoms with Gasteiger partial charge >= 0.3 is 0 Å². The number of fused-ring (bicyclic) bond motifs is 3. The van der Waals surface area contributed by atoms with Gasteiger partial charge in [-0.2, -0.15) is 4.98 Å². The summed E-state index contributed by atoms with van der Waals surface area (Å²) in [5.74, 6) is 3.42. The molecule has 3 heterocycles. The van der Waals surface area contributed by atoms with Crippen LogP contribution in [0.1, 0.15) is 5.89 Å². The van der Waals surface area contributed by atoms with Crippen molar-refractivity contribution in [3.63, 3.8) is 0 Å². The van der Waals surface area contributed by atoms with Crippen molar-refractivity contribution < 1.29 is 14.0 Å². The Hall–Kier alpha value is -3.53. The molecule has 2 aromatic carbocycles. The molecule has 5 aromatic rings. The molecule has 1 N–H and O–H groups in total. The Labute approximate surface area is 169 Å². The number of nitrogens with one attached hydrogen (secondary N) is 1. The van der Waals surface area contributed by atoms with Gasteiger partial charge in [0.2, 0.25) is 17.5 Å². The van der Waals surface area contributed by atoms with Crippen LogP contribution in [-0.4, -0.2) is 43.9 Å². The number of imidazole rings is 1. The van der Waals surface area contributed by atoms with E-state index >= 15 is 0 Å². The van der Waals surface area contributed by atoms with Gasteiger partial charge in [0.15, 0.2) is 16.7 Å². The van der Waals surface area contributed by atoms with E-state index in [0.717, 1.165) is 21.8 Å². The van der Waals surface area contributed by atoms with Gasteiger partial charge in [0.1, 0.15) is 0 Å². The first-order chi connectivity index (χ1) is 14.3. The summed E-state index contributed by atoms with van der Waals surface area (Å²) >= 11 is 1.49. The van der Waals surface area contributed by atoms with E-state index in [2.05, 4.69) is 25.3 Å². The molecular formula is C19H16N6O3S. The molecular weight excluding hydrogens is 392 g/mol. The second-order valence-electron chi connectivity index (χ2n) is 6.14. The molecule has 0 aliphatic carbocycles. The third-order valence-electron chi connectivity index (χ3n) is 4.44. The van der Waals surface area contributed by atoms with E-state index in [4.69, 9.17) is 14.0 Å². The largest absolute Gasteiger partial charge is 0.493 e. The summed E-state index contributed by atoms with van der Waals surface area (Å²) in [7, 11) is 3.18. The fourth-order valence-corrected chi connectivity index (χ4v) is 3.87. The standard InChI is InChI=1S/C19H16N6O3S/c1-26-14-8-7-11(9-15(14)27-2)17-21-16(28-24-17)10-29-19-23-22-18-20-12-5-3-4-6-13(12)25(18)19/h3-9H,10H2,1-2H3,(H,20,22). The Balaban J connectivity index is 1.38. The van der Waals surface area contributed by atoms with Crippen LogP contribution in [0.25, 0.3) is 28.2 Å². The van der Waals surface area contributed by atoms with Crippen molar-refractivity contribution in [2.45, 2.75) is 10.9 Å². The Morgan fingerprint density at radius 3 is 2.79 bits per heavy atom. The number of aromatic amines is 1. The van der Waals surface area contributed by atoms with Gasteiger partial charge in [-0.15, -0.1) is 5.10 Å². The van der Waals surface area contributed by atoms with E-state index in [-0.39, 0.29) is 0 Å². The molecule has 0 aliphatic heterocycles. The maximum Gasteiger partial charge on any atom is 0.237 e. The maximum atomic E-state index is 5.41. The van der Waals surface area contributed by atoms with Crippen LogP contribution in [-0.2, 0) is 5.75 Å². The Bertz CT molecular complexity index is 1310. The number of hydrogen-bond donors (Lipinski definition) is 1. The Kier molecular flexibility index (Phi) is 4.32. The summed E-state index contributed by atoms with van der Waals surface area (Å²) in [5.41, 5.74) is 2.69. The first-order valence-corrected chi connectivity index (χ1v) is 9.74. The molecule has 0 spiro atoms. The van der Waals surface area contributed by atoms with E-state index in [1.54, 1.807) is 14.2 Å². The third kappa shape index (κ3) is 3.07. The van der Waals surface area contributed by atoms with Gasteiger partial charge in [0.25, 0.3) is 0 Å². The molecule has 5 rings (SSSR count). The van der Waals surface area contributed by atoms with Crippen molar-refractivity contribution in [3.8, 4) is 22.9 Å². The number of rotatable bonds is 6. The zero-order chi connectivity index (χ0) is 19.8. The van der Waals surface area contributed by atoms with Gasteiger partial charge in [-0.25, -0.2) is 10.1 Å². The molecule has 0 saturated heterocycles. The number of ether oxygens (including phenoxy) is 2. The molecule has 0 saturated carbocycles. The average Bonchev–Trinajstić information content (AvgIpc) is 3.47. The van der Waals surface area contributed by atoms with Crippen molar-refractivity contribution in [1.82, 2.24) is 29.7 Å². The van der Waals surface area contributed by atoms with Crippen LogP contribution in [0.15, 0.2) is 52.1 Å². The predicted octanol–water partition coefficient (Wildman–Crippen LogP) is 3.57. The minimum Gasteiger partial charge on any atom is -0.493 e. The molecule has 0 amide bonds. The highest BCUT2D eigenvalue weighted by Gasteiger charge is 2.15. The number of aromatic nitrogens is 6. The molecule has 3 aromatic heterocycles. The minimum atomic E-state index is 0.479. The first kappa shape index (κ1) is 17.6. The molecule has 0 radical (unpaired) electrons. The number of methoxy groups -OCH3 is 2. The fourth-order valence-electron chi connectivity index (χ4n) is 3.07. The second kappa shape index (κ2) is 7.13. The van der Waals surface area contributed by atoms with E-state index in [0.29, 0.717) is 34.7 Å². The summed E-state index contributed by atoms with van der Waals surface area (Å²) in [5, 5.41) is 12.2. The van der Waals surface area contributed by atoms with Crippen molar-refractivity contribution in [1.29, 1.82) is 0 Å². The number of nitrogens with zero attached hydrogens (tertiary/aromatic N) is 5. The van der Waals surface area contributed by atoms with E-state index in [9.17, 15) is 0 Å². The molecule has 29 heavy (non-hydrogen) atoms. The highest BCUT2D eigenvalue weighted by Crippen LogP contribution is 2.32. The van der Waals surface area contributed by atoms with E-state index in [1.165, 1.54) is 11.8 Å². The lowest BCUT2D eigenvalue weighted by molar-refractivity contribution is 0.355. The second-order valence-corrected chi connectivity index (χ2v) is 7.08. The lowest BCUT2D eigenvalue weighted by Crippen LogP contribution is -1.91. The maximum absolute atomic E-state index is 5.41. The van der Waals surface area contributed by atoms with Crippen molar-refractivity contribution in [3.05, 3.63) is 48.4 Å². The van der Waals surface area contributed by atoms with Gasteiger partial charge in [0.05, 0.1) is 31.0 Å². The Morgan fingerprint density at radius 1 is 1.07 bits per heavy atom. The van der Waals surface area contributed by atoms with Crippen LogP contribution in [0.5, 0.6) is 11.5 Å². The van der Waals surface area contributed by atoms with Gasteiger partial charge in [-0.3, -0.25) is 4.40 Å². The number of para-hydroxylation sites is 2. The molecule has 0 fully saturated rings. The highest BCUT2D eigenvalue weighted by atomic mass is 32.2. The SMILES string of the molecule is COc1ccc(-c2noc(CSc3n[nH]c4nc5ccccc5n34)n2)cc1OC. The molecule has 0 atom stereocenters. The van der Waals surface area contributed by atoms with Crippen LogP contribution in [0.3, 0.4) is 0 Å². The van der Waals surface area contributed by atoms with E-state index < -0.39 is 0 Å². The third-order valence-corrected chi connectivity index (χ3v) is 5.36. The zero-order valence-corrected chi connectivity index (χ0v) is 16.4. The minimum absolute atomic E-state index is 0.479. The van der Waals surface area contributed by atoms with Crippen LogP contribution in [0, 0.1) is 0 Å². The molecule has 9 nitrogen and oxygen atoms in total. The topological polar surface area (TPSA) is 103 Å². The van der Waals surface area contributed by atoms with Crippen LogP contribution < -0.4 is 9.47 Å². The lowest BCUT2D eigenvalue weighted by Gasteiger charge is -2.07. The normalized spacial score (nSPS) is 11.4. The van der Waals surface area contributed by atoms with Crippen LogP contribution >= 0.6 is 11.8 Å². The smallest absolute Gasteiger partial charge is 0.237 e. The van der Waals surface area contributed by atoms with Gasteiger partial charge < -0.3 is 14.0 Å². The molecule has 0 aliphatic rings. The predicted molar refractivity (Wildman–Crippen MR) is 107 cm³/mol. The zero-order valence-electron chi connectivity index (χ0n) is 15.6. The van der Waals surface area contributed by atoms with Gasteiger partial charge in [0, 0.05) is 5.56 Å². The molecule has 10 heteroatoms. The van der Waals surface area contributed by atoms with Crippen LogP contribution in [0.4, 0.5) is 0 Å². The van der Waals surface area contributed by atoms with E-state index in [1.807, 2.05) is 46.9 Å². The van der Waals surface area contributed by atoms with Crippen molar-refractivity contribution >= 4 is 28.6 Å². The fraction of sp³-hybridized carbons (Fsp3) is 0.158. The number of benzene rings is 2. The monoisotopic (exact) mass is 408 g/mol. The van der Waals surface area contributed by atoms with Crippen molar-refractivity contribution in [2.75, 3.05) is 14.2 Å². The lowest BCUT2D eigenvalue weighted by atomic mass is 10.2. The first-order valence-electron chi connectivity index (χ1n) is 8.76. The van der Waals surface area contributed by atoms with Crippen molar-refractivity contribution in [2.24, 2.45) is 0 Å². The summed E-state index contributed by atoms with van der Waals surface area (Å²) in [6, 6.07) is 13.4. The Morgan fingerprint density at radius 2 is 1.93 bits per heavy atom. The number of thioether (sulfide) groups is 1. The summed E-state index contributed by atoms with van der Waals surface area (Å²) < 4.78 is 18.0. The summed E-state index contributed by atoms with van der Waals surface area (Å²) in [6.45, 7) is 0. The average molecular weight is 408 g/mol. The number of H-pyrrole nitrogens is 1. The summed E-state index contributed by atoms with van der Waals surface area (Å²) in [4.78, 5) is 9.01. The van der Waals surface area contributed by atoms with Gasteiger partial charge in [-0.05, 0) is 30.3 Å². The highest BCUT2D eigenvalue weighted by molar-refractivity contribution is 7.98. The quantitative estimate of drug-likeness (QED) is 0.425. The summed E-state index contributed by atoms with van der Waals surface area (Å²) in [6.07, 6.45) is 0. The van der Waals surface area contributed by atoms with Crippen LogP contribution in [0.2, 0.25) is 0 Å². The molecule has 0 bridgehead atoms. The molecule has 0 unspecified atom stereocenters. The molecule has 146 valence electrons. The number of hydrogen-bond acceptors (Lipinski definition) is 8.